The summed E-state index contributed by atoms with van der Waals surface area (Å²) in [4.78, 5) is 25.9. The minimum absolute atomic E-state index is 0.264. The summed E-state index contributed by atoms with van der Waals surface area (Å²) >= 11 is 0.981. The second-order valence-corrected chi connectivity index (χ2v) is 6.20. The molecule has 1 fully saturated rings. The van der Waals surface area contributed by atoms with Crippen LogP contribution in [0.4, 0.5) is 16.2 Å². The van der Waals surface area contributed by atoms with Gasteiger partial charge in [-0.2, -0.15) is 0 Å². The van der Waals surface area contributed by atoms with E-state index in [1.807, 2.05) is 31.2 Å². The zero-order chi connectivity index (χ0) is 16.4. The van der Waals surface area contributed by atoms with Gasteiger partial charge in [0.1, 0.15) is 5.75 Å². The molecular weight excluding hydrogens is 312 g/mol. The molecule has 2 aromatic carbocycles. The first-order valence-corrected chi connectivity index (χ1v) is 7.98. The number of aryl methyl sites for hydroxylation is 1. The number of carbonyl (C=O) groups is 2. The molecule has 0 saturated carbocycles. The number of nitrogens with zero attached hydrogens (tertiary/aromatic N) is 1. The van der Waals surface area contributed by atoms with E-state index in [9.17, 15) is 9.59 Å². The van der Waals surface area contributed by atoms with E-state index in [1.54, 1.807) is 31.4 Å². The van der Waals surface area contributed by atoms with Gasteiger partial charge in [0.15, 0.2) is 5.37 Å². The van der Waals surface area contributed by atoms with Gasteiger partial charge in [-0.3, -0.25) is 9.59 Å². The maximum absolute atomic E-state index is 12.5. The minimum Gasteiger partial charge on any atom is -0.497 e. The normalized spacial score (nSPS) is 17.5. The Hall–Kier alpha value is -2.47. The molecule has 0 bridgehead atoms. The molecule has 23 heavy (non-hydrogen) atoms. The van der Waals surface area contributed by atoms with Crippen LogP contribution in [0.5, 0.6) is 5.75 Å². The Morgan fingerprint density at radius 1 is 1.04 bits per heavy atom. The molecule has 1 atom stereocenters. The molecule has 1 heterocycles. The molecule has 1 aliphatic heterocycles. The Kier molecular flexibility index (Phi) is 4.25. The number of amides is 2. The van der Waals surface area contributed by atoms with Crippen molar-refractivity contribution in [1.82, 2.24) is 0 Å². The predicted octanol–water partition coefficient (Wildman–Crippen LogP) is 3.64. The number of hydrogen-bond donors (Lipinski definition) is 1. The SMILES string of the molecule is COc1ccc(N[C@@H]2SC(=O)N(c3ccc(C)cc3)C2=O)cc1. The Bertz CT molecular complexity index is 729. The van der Waals surface area contributed by atoms with Gasteiger partial charge in [-0.05, 0) is 55.1 Å². The molecular formula is C17H16N2O3S. The highest BCUT2D eigenvalue weighted by Gasteiger charge is 2.40. The average Bonchev–Trinajstić information content (AvgIpc) is 2.83. The van der Waals surface area contributed by atoms with E-state index < -0.39 is 5.37 Å². The molecule has 1 aliphatic rings. The van der Waals surface area contributed by atoms with Crippen LogP contribution in [0.2, 0.25) is 0 Å². The lowest BCUT2D eigenvalue weighted by molar-refractivity contribution is -0.116. The lowest BCUT2D eigenvalue weighted by atomic mass is 10.2. The van der Waals surface area contributed by atoms with Crippen LogP contribution < -0.4 is 15.0 Å². The second kappa shape index (κ2) is 6.34. The van der Waals surface area contributed by atoms with E-state index in [2.05, 4.69) is 5.32 Å². The lowest BCUT2D eigenvalue weighted by Gasteiger charge is -2.15. The van der Waals surface area contributed by atoms with Crippen molar-refractivity contribution in [1.29, 1.82) is 0 Å². The first-order valence-electron chi connectivity index (χ1n) is 7.10. The van der Waals surface area contributed by atoms with Gasteiger partial charge in [0, 0.05) is 5.69 Å². The molecule has 0 radical (unpaired) electrons. The molecule has 1 N–H and O–H groups in total. The molecule has 6 heteroatoms. The Morgan fingerprint density at radius 2 is 1.70 bits per heavy atom. The number of imide groups is 1. The largest absolute Gasteiger partial charge is 0.497 e. The van der Waals surface area contributed by atoms with Gasteiger partial charge < -0.3 is 10.1 Å². The van der Waals surface area contributed by atoms with Crippen LogP contribution in [-0.2, 0) is 4.79 Å². The topological polar surface area (TPSA) is 58.6 Å². The van der Waals surface area contributed by atoms with Crippen LogP contribution in [0.25, 0.3) is 0 Å². The van der Waals surface area contributed by atoms with Crippen LogP contribution in [0.15, 0.2) is 48.5 Å². The zero-order valence-corrected chi connectivity index (χ0v) is 13.6. The van der Waals surface area contributed by atoms with Crippen molar-refractivity contribution in [3.63, 3.8) is 0 Å². The summed E-state index contributed by atoms with van der Waals surface area (Å²) in [6.45, 7) is 1.96. The number of hydrogen-bond acceptors (Lipinski definition) is 5. The highest BCUT2D eigenvalue weighted by molar-refractivity contribution is 8.16. The maximum atomic E-state index is 12.5. The van der Waals surface area contributed by atoms with Crippen LogP contribution in [-0.4, -0.2) is 23.6 Å². The van der Waals surface area contributed by atoms with E-state index in [0.29, 0.717) is 5.69 Å². The minimum atomic E-state index is -0.628. The van der Waals surface area contributed by atoms with E-state index >= 15 is 0 Å². The third kappa shape index (κ3) is 3.17. The fourth-order valence-electron chi connectivity index (χ4n) is 2.27. The third-order valence-corrected chi connectivity index (χ3v) is 4.47. The Labute approximate surface area is 138 Å². The van der Waals surface area contributed by atoms with Crippen LogP contribution in [0.3, 0.4) is 0 Å². The highest BCUT2D eigenvalue weighted by atomic mass is 32.2. The standard InChI is InChI=1S/C17H16N2O3S/c1-11-3-7-13(8-4-11)19-16(20)15(23-17(19)21)18-12-5-9-14(22-2)10-6-12/h3-10,15,18H,1-2H3/t15-/m1/s1. The summed E-state index contributed by atoms with van der Waals surface area (Å²) in [7, 11) is 1.59. The summed E-state index contributed by atoms with van der Waals surface area (Å²) in [5.74, 6) is 0.470. The summed E-state index contributed by atoms with van der Waals surface area (Å²) in [6.07, 6.45) is 0. The fraction of sp³-hybridized carbons (Fsp3) is 0.176. The molecule has 3 rings (SSSR count). The number of ether oxygens (including phenoxy) is 1. The molecule has 2 aromatic rings. The quantitative estimate of drug-likeness (QED) is 0.928. The summed E-state index contributed by atoms with van der Waals surface area (Å²) < 4.78 is 5.10. The lowest BCUT2D eigenvalue weighted by Crippen LogP contribution is -2.34. The predicted molar refractivity (Wildman–Crippen MR) is 92.1 cm³/mol. The van der Waals surface area contributed by atoms with Crippen molar-refractivity contribution in [3.8, 4) is 5.75 Å². The van der Waals surface area contributed by atoms with Gasteiger partial charge in [-0.25, -0.2) is 4.90 Å². The average molecular weight is 328 g/mol. The van der Waals surface area contributed by atoms with E-state index in [4.69, 9.17) is 4.74 Å². The number of benzene rings is 2. The number of methoxy groups -OCH3 is 1. The molecule has 0 unspecified atom stereocenters. The van der Waals surface area contributed by atoms with Crippen LogP contribution in [0.1, 0.15) is 5.56 Å². The zero-order valence-electron chi connectivity index (χ0n) is 12.8. The molecule has 118 valence electrons. The molecule has 0 aliphatic carbocycles. The first kappa shape index (κ1) is 15.4. The summed E-state index contributed by atoms with van der Waals surface area (Å²) in [5.41, 5.74) is 2.43. The van der Waals surface area contributed by atoms with Gasteiger partial charge in [0.2, 0.25) is 0 Å². The van der Waals surface area contributed by atoms with Gasteiger partial charge in [0.05, 0.1) is 12.8 Å². The molecule has 5 nitrogen and oxygen atoms in total. The molecule has 1 saturated heterocycles. The second-order valence-electron chi connectivity index (χ2n) is 5.15. The first-order chi connectivity index (χ1) is 11.1. The number of anilines is 2. The smallest absolute Gasteiger partial charge is 0.295 e. The maximum Gasteiger partial charge on any atom is 0.295 e. The monoisotopic (exact) mass is 328 g/mol. The van der Waals surface area contributed by atoms with Gasteiger partial charge in [0.25, 0.3) is 11.1 Å². The van der Waals surface area contributed by atoms with E-state index in [1.165, 1.54) is 4.90 Å². The van der Waals surface area contributed by atoms with Crippen molar-refractivity contribution in [2.45, 2.75) is 12.3 Å². The van der Waals surface area contributed by atoms with Crippen molar-refractivity contribution < 1.29 is 14.3 Å². The van der Waals surface area contributed by atoms with Crippen molar-refractivity contribution in [2.24, 2.45) is 0 Å². The number of carbonyl (C=O) groups excluding carboxylic acids is 2. The van der Waals surface area contributed by atoms with E-state index in [-0.39, 0.29) is 11.1 Å². The van der Waals surface area contributed by atoms with Crippen LogP contribution >= 0.6 is 11.8 Å². The summed E-state index contributed by atoms with van der Waals surface area (Å²) in [6, 6.07) is 14.5. The third-order valence-electron chi connectivity index (χ3n) is 3.53. The Balaban J connectivity index is 1.76. The molecule has 0 aromatic heterocycles. The number of rotatable bonds is 4. The van der Waals surface area contributed by atoms with Crippen molar-refractivity contribution in [2.75, 3.05) is 17.3 Å². The fourth-order valence-corrected chi connectivity index (χ4v) is 3.17. The van der Waals surface area contributed by atoms with Crippen molar-refractivity contribution >= 4 is 34.3 Å². The summed E-state index contributed by atoms with van der Waals surface area (Å²) in [5, 5.41) is 2.18. The van der Waals surface area contributed by atoms with Crippen LogP contribution in [0, 0.1) is 6.92 Å². The molecule has 2 amide bonds. The number of nitrogens with one attached hydrogen (secondary N) is 1. The van der Waals surface area contributed by atoms with Gasteiger partial charge in [-0.1, -0.05) is 17.7 Å². The molecule has 0 spiro atoms. The van der Waals surface area contributed by atoms with Gasteiger partial charge >= 0.3 is 0 Å². The number of thioether (sulfide) groups is 1. The van der Waals surface area contributed by atoms with Gasteiger partial charge in [-0.15, -0.1) is 0 Å². The van der Waals surface area contributed by atoms with Crippen molar-refractivity contribution in [3.05, 3.63) is 54.1 Å². The van der Waals surface area contributed by atoms with E-state index in [0.717, 1.165) is 28.8 Å². The Morgan fingerprint density at radius 3 is 2.30 bits per heavy atom. The highest BCUT2D eigenvalue weighted by Crippen LogP contribution is 2.32.